The number of rotatable bonds is 7. The van der Waals surface area contributed by atoms with Crippen LogP contribution >= 0.6 is 0 Å². The van der Waals surface area contributed by atoms with Crippen molar-refractivity contribution in [3.8, 4) is 11.8 Å². The zero-order valence-corrected chi connectivity index (χ0v) is 17.7. The summed E-state index contributed by atoms with van der Waals surface area (Å²) < 4.78 is 18.5. The van der Waals surface area contributed by atoms with E-state index in [1.807, 2.05) is 12.1 Å². The maximum atomic E-state index is 12.1. The molecule has 0 bridgehead atoms. The third-order valence-electron chi connectivity index (χ3n) is 4.68. The number of hydrogen-bond acceptors (Lipinski definition) is 9. The highest BCUT2D eigenvalue weighted by molar-refractivity contribution is 5.91. The summed E-state index contributed by atoms with van der Waals surface area (Å²) in [6, 6.07) is 7.14. The smallest absolute Gasteiger partial charge is 0.341 e. The summed E-state index contributed by atoms with van der Waals surface area (Å²) in [5.41, 5.74) is 2.40. The zero-order valence-electron chi connectivity index (χ0n) is 17.7. The molecule has 164 valence electrons. The SMILES string of the molecule is CCOC(=O)c1cnn(-c2nc(OC)c3c(ncn3Cc3ccccc3C(=O)OC)n2)c1. The molecule has 11 nitrogen and oxygen atoms in total. The van der Waals surface area contributed by atoms with E-state index in [1.54, 1.807) is 30.0 Å². The van der Waals surface area contributed by atoms with Gasteiger partial charge in [0.15, 0.2) is 11.2 Å². The van der Waals surface area contributed by atoms with Crippen molar-refractivity contribution in [2.24, 2.45) is 0 Å². The van der Waals surface area contributed by atoms with Gasteiger partial charge in [-0.1, -0.05) is 18.2 Å². The molecular weight excluding hydrogens is 416 g/mol. The molecule has 0 amide bonds. The summed E-state index contributed by atoms with van der Waals surface area (Å²) in [5, 5.41) is 4.14. The van der Waals surface area contributed by atoms with Crippen LogP contribution in [-0.2, 0) is 16.0 Å². The minimum atomic E-state index is -0.486. The normalized spacial score (nSPS) is 10.8. The van der Waals surface area contributed by atoms with Crippen LogP contribution in [0.5, 0.6) is 5.88 Å². The zero-order chi connectivity index (χ0) is 22.7. The fourth-order valence-corrected chi connectivity index (χ4v) is 3.20. The molecule has 0 spiro atoms. The number of imidazole rings is 1. The minimum absolute atomic E-state index is 0.185. The average molecular weight is 436 g/mol. The quantitative estimate of drug-likeness (QED) is 0.400. The second kappa shape index (κ2) is 8.84. The van der Waals surface area contributed by atoms with Crippen LogP contribution in [0.25, 0.3) is 17.1 Å². The standard InChI is InChI=1S/C21H20N6O5/c1-4-32-19(28)14-9-23-27(11-14)21-24-17-16(18(25-21)30-2)26(12-22-17)10-13-7-5-6-8-15(13)20(29)31-3/h5-9,11-12H,4,10H2,1-3H3. The lowest BCUT2D eigenvalue weighted by molar-refractivity contribution is 0.0525. The van der Waals surface area contributed by atoms with E-state index in [0.717, 1.165) is 5.56 Å². The molecule has 1 aromatic carbocycles. The molecule has 3 aromatic heterocycles. The van der Waals surface area contributed by atoms with Gasteiger partial charge in [0.25, 0.3) is 5.95 Å². The van der Waals surface area contributed by atoms with Gasteiger partial charge in [0, 0.05) is 6.20 Å². The molecule has 0 saturated carbocycles. The maximum Gasteiger partial charge on any atom is 0.341 e. The van der Waals surface area contributed by atoms with Crippen molar-refractivity contribution < 1.29 is 23.8 Å². The highest BCUT2D eigenvalue weighted by atomic mass is 16.5. The first kappa shape index (κ1) is 21.0. The number of ether oxygens (including phenoxy) is 3. The second-order valence-electron chi connectivity index (χ2n) is 6.62. The average Bonchev–Trinajstić information content (AvgIpc) is 3.46. The van der Waals surface area contributed by atoms with Gasteiger partial charge < -0.3 is 18.8 Å². The van der Waals surface area contributed by atoms with Crippen LogP contribution in [0.15, 0.2) is 43.0 Å². The number of hydrogen-bond donors (Lipinski definition) is 0. The fourth-order valence-electron chi connectivity index (χ4n) is 3.20. The molecule has 0 unspecified atom stereocenters. The molecule has 11 heteroatoms. The lowest BCUT2D eigenvalue weighted by atomic mass is 10.1. The van der Waals surface area contributed by atoms with Crippen molar-refractivity contribution in [3.05, 3.63) is 59.7 Å². The van der Waals surface area contributed by atoms with Crippen LogP contribution in [0.1, 0.15) is 33.2 Å². The van der Waals surface area contributed by atoms with Crippen LogP contribution < -0.4 is 4.74 Å². The van der Waals surface area contributed by atoms with Gasteiger partial charge in [-0.15, -0.1) is 0 Å². The van der Waals surface area contributed by atoms with E-state index >= 15 is 0 Å². The Kier molecular flexibility index (Phi) is 5.79. The van der Waals surface area contributed by atoms with E-state index < -0.39 is 11.9 Å². The topological polar surface area (TPSA) is 123 Å². The van der Waals surface area contributed by atoms with E-state index in [4.69, 9.17) is 14.2 Å². The summed E-state index contributed by atoms with van der Waals surface area (Å²) in [6.07, 6.45) is 4.44. The molecule has 4 rings (SSSR count). The first-order valence-electron chi connectivity index (χ1n) is 9.71. The molecule has 4 aromatic rings. The van der Waals surface area contributed by atoms with Gasteiger partial charge in [-0.25, -0.2) is 19.3 Å². The summed E-state index contributed by atoms with van der Waals surface area (Å²) >= 11 is 0. The first-order valence-corrected chi connectivity index (χ1v) is 9.71. The van der Waals surface area contributed by atoms with Crippen molar-refractivity contribution in [1.29, 1.82) is 0 Å². The molecule has 0 fully saturated rings. The number of benzene rings is 1. The predicted octanol–water partition coefficient (Wildman–Crippen LogP) is 2.03. The van der Waals surface area contributed by atoms with E-state index in [1.165, 1.54) is 31.3 Å². The van der Waals surface area contributed by atoms with Crippen molar-refractivity contribution >= 4 is 23.1 Å². The first-order chi connectivity index (χ1) is 15.5. The van der Waals surface area contributed by atoms with Crippen molar-refractivity contribution in [1.82, 2.24) is 29.3 Å². The monoisotopic (exact) mass is 436 g/mol. The minimum Gasteiger partial charge on any atom is -0.479 e. The molecule has 0 N–H and O–H groups in total. The van der Waals surface area contributed by atoms with Gasteiger partial charge in [0.2, 0.25) is 5.88 Å². The number of esters is 2. The molecule has 0 aliphatic heterocycles. The van der Waals surface area contributed by atoms with Gasteiger partial charge in [0.1, 0.15) is 0 Å². The van der Waals surface area contributed by atoms with Crippen LogP contribution in [0.2, 0.25) is 0 Å². The molecule has 0 saturated heterocycles. The molecule has 32 heavy (non-hydrogen) atoms. The van der Waals surface area contributed by atoms with E-state index in [9.17, 15) is 9.59 Å². The Morgan fingerprint density at radius 2 is 1.91 bits per heavy atom. The van der Waals surface area contributed by atoms with Crippen molar-refractivity contribution in [3.63, 3.8) is 0 Å². The molecule has 0 atom stereocenters. The fraction of sp³-hybridized carbons (Fsp3) is 0.238. The highest BCUT2D eigenvalue weighted by Crippen LogP contribution is 2.24. The Balaban J connectivity index is 1.72. The van der Waals surface area contributed by atoms with Crippen LogP contribution in [0, 0.1) is 0 Å². The van der Waals surface area contributed by atoms with Gasteiger partial charge in [-0.05, 0) is 18.6 Å². The molecule has 0 radical (unpaired) electrons. The van der Waals surface area contributed by atoms with Crippen molar-refractivity contribution in [2.45, 2.75) is 13.5 Å². The third kappa shape index (κ3) is 3.87. The lowest BCUT2D eigenvalue weighted by Gasteiger charge is -2.11. The van der Waals surface area contributed by atoms with Gasteiger partial charge in [-0.3, -0.25) is 0 Å². The molecule has 3 heterocycles. The van der Waals surface area contributed by atoms with Crippen molar-refractivity contribution in [2.75, 3.05) is 20.8 Å². The maximum absolute atomic E-state index is 12.1. The van der Waals surface area contributed by atoms with Gasteiger partial charge in [-0.2, -0.15) is 15.1 Å². The number of carbonyl (C=O) groups is 2. The van der Waals surface area contributed by atoms with E-state index in [0.29, 0.717) is 23.3 Å². The third-order valence-corrected chi connectivity index (χ3v) is 4.68. The molecule has 0 aliphatic carbocycles. The van der Waals surface area contributed by atoms with Gasteiger partial charge in [0.05, 0.1) is 51.0 Å². The molecule has 0 aliphatic rings. The Bertz CT molecular complexity index is 1300. The summed E-state index contributed by atoms with van der Waals surface area (Å²) in [4.78, 5) is 37.2. The predicted molar refractivity (Wildman–Crippen MR) is 112 cm³/mol. The Morgan fingerprint density at radius 3 is 2.66 bits per heavy atom. The summed E-state index contributed by atoms with van der Waals surface area (Å²) in [5.74, 6) is -0.455. The number of carbonyl (C=O) groups excluding carboxylic acids is 2. The number of methoxy groups -OCH3 is 2. The van der Waals surface area contributed by atoms with Crippen LogP contribution in [0.4, 0.5) is 0 Å². The van der Waals surface area contributed by atoms with E-state index in [2.05, 4.69) is 20.1 Å². The van der Waals surface area contributed by atoms with Crippen LogP contribution in [-0.4, -0.2) is 62.1 Å². The second-order valence-corrected chi connectivity index (χ2v) is 6.62. The van der Waals surface area contributed by atoms with Gasteiger partial charge >= 0.3 is 11.9 Å². The Labute approximate surface area is 182 Å². The Morgan fingerprint density at radius 1 is 1.09 bits per heavy atom. The lowest BCUT2D eigenvalue weighted by Crippen LogP contribution is -2.10. The highest BCUT2D eigenvalue weighted by Gasteiger charge is 2.19. The number of aromatic nitrogens is 6. The number of nitrogens with zero attached hydrogens (tertiary/aromatic N) is 6. The van der Waals surface area contributed by atoms with Crippen LogP contribution in [0.3, 0.4) is 0 Å². The van der Waals surface area contributed by atoms with E-state index in [-0.39, 0.29) is 24.0 Å². The Hall–Kier alpha value is -4.28. The number of fused-ring (bicyclic) bond motifs is 1. The summed E-state index contributed by atoms with van der Waals surface area (Å²) in [6.45, 7) is 2.32. The largest absolute Gasteiger partial charge is 0.479 e. The molecular formula is C21H20N6O5. The summed E-state index contributed by atoms with van der Waals surface area (Å²) in [7, 11) is 2.82.